The molecule has 2 heterocycles. The minimum absolute atomic E-state index is 0.0219. The highest BCUT2D eigenvalue weighted by Gasteiger charge is 2.28. The van der Waals surface area contributed by atoms with Crippen LogP contribution >= 0.6 is 0 Å². The van der Waals surface area contributed by atoms with Crippen LogP contribution in [0.2, 0.25) is 0 Å². The van der Waals surface area contributed by atoms with Gasteiger partial charge in [0.2, 0.25) is 5.91 Å². The van der Waals surface area contributed by atoms with Gasteiger partial charge in [-0.3, -0.25) is 9.78 Å². The van der Waals surface area contributed by atoms with Gasteiger partial charge in [0.25, 0.3) is 0 Å². The molecule has 0 saturated carbocycles. The van der Waals surface area contributed by atoms with Crippen molar-refractivity contribution in [3.63, 3.8) is 0 Å². The summed E-state index contributed by atoms with van der Waals surface area (Å²) in [6.07, 6.45) is 2.75. The fourth-order valence-electron chi connectivity index (χ4n) is 1.86. The molecule has 1 fully saturated rings. The summed E-state index contributed by atoms with van der Waals surface area (Å²) in [5, 5.41) is 3.27. The van der Waals surface area contributed by atoms with Gasteiger partial charge in [-0.2, -0.15) is 0 Å². The summed E-state index contributed by atoms with van der Waals surface area (Å²) in [5.41, 5.74) is 2.13. The zero-order valence-corrected chi connectivity index (χ0v) is 9.73. The first kappa shape index (κ1) is 11.1. The molecular formula is C12H17N3O. The molecule has 1 aromatic heterocycles. The van der Waals surface area contributed by atoms with Gasteiger partial charge in [-0.15, -0.1) is 0 Å². The number of likely N-dealkylation sites (tertiary alicyclic amines) is 1. The van der Waals surface area contributed by atoms with Crippen LogP contribution in [0.15, 0.2) is 18.3 Å². The maximum atomic E-state index is 11.6. The van der Waals surface area contributed by atoms with Crippen LogP contribution < -0.4 is 5.32 Å². The average molecular weight is 219 g/mol. The molecule has 0 radical (unpaired) electrons. The van der Waals surface area contributed by atoms with E-state index in [9.17, 15) is 4.79 Å². The maximum absolute atomic E-state index is 11.6. The molecule has 1 atom stereocenters. The quantitative estimate of drug-likeness (QED) is 0.814. The Morgan fingerprint density at radius 1 is 1.56 bits per heavy atom. The van der Waals surface area contributed by atoms with Gasteiger partial charge in [0, 0.05) is 32.0 Å². The highest BCUT2D eigenvalue weighted by molar-refractivity contribution is 5.83. The van der Waals surface area contributed by atoms with E-state index in [0.717, 1.165) is 24.2 Å². The molecule has 1 aromatic rings. The summed E-state index contributed by atoms with van der Waals surface area (Å²) < 4.78 is 0. The molecular weight excluding hydrogens is 202 g/mol. The zero-order chi connectivity index (χ0) is 11.5. The van der Waals surface area contributed by atoms with E-state index in [2.05, 4.69) is 10.3 Å². The number of amides is 1. The number of aryl methyl sites for hydroxylation is 1. The standard InChI is InChI=1S/C12H17N3O/c1-9-3-4-10(7-13-9)8-14-11-5-6-15(2)12(11)16/h3-4,7,11,14H,5-6,8H2,1-2H3. The summed E-state index contributed by atoms with van der Waals surface area (Å²) in [6, 6.07) is 4.00. The molecule has 1 aliphatic heterocycles. The number of hydrogen-bond donors (Lipinski definition) is 1. The van der Waals surface area contributed by atoms with Crippen LogP contribution in [0.25, 0.3) is 0 Å². The summed E-state index contributed by atoms with van der Waals surface area (Å²) in [6.45, 7) is 3.52. The molecule has 1 N–H and O–H groups in total. The summed E-state index contributed by atoms with van der Waals surface area (Å²) in [7, 11) is 1.84. The van der Waals surface area contributed by atoms with Crippen molar-refractivity contribution in [2.45, 2.75) is 25.9 Å². The van der Waals surface area contributed by atoms with E-state index >= 15 is 0 Å². The highest BCUT2D eigenvalue weighted by atomic mass is 16.2. The predicted octanol–water partition coefficient (Wildman–Crippen LogP) is 0.710. The second-order valence-corrected chi connectivity index (χ2v) is 4.29. The van der Waals surface area contributed by atoms with Crippen molar-refractivity contribution in [3.8, 4) is 0 Å². The van der Waals surface area contributed by atoms with Crippen LogP contribution in [0, 0.1) is 6.92 Å². The van der Waals surface area contributed by atoms with E-state index in [4.69, 9.17) is 0 Å². The lowest BCUT2D eigenvalue weighted by atomic mass is 10.2. The van der Waals surface area contributed by atoms with E-state index in [1.165, 1.54) is 0 Å². The Kier molecular flexibility index (Phi) is 3.19. The lowest BCUT2D eigenvalue weighted by Gasteiger charge is -2.12. The van der Waals surface area contributed by atoms with E-state index in [0.29, 0.717) is 6.54 Å². The Hall–Kier alpha value is -1.42. The lowest BCUT2D eigenvalue weighted by Crippen LogP contribution is -2.36. The van der Waals surface area contributed by atoms with E-state index in [-0.39, 0.29) is 11.9 Å². The van der Waals surface area contributed by atoms with Gasteiger partial charge in [-0.1, -0.05) is 6.07 Å². The Labute approximate surface area is 95.7 Å². The molecule has 0 aromatic carbocycles. The number of pyridine rings is 1. The Balaban J connectivity index is 1.88. The van der Waals surface area contributed by atoms with Crippen molar-refractivity contribution < 1.29 is 4.79 Å². The van der Waals surface area contributed by atoms with Gasteiger partial charge >= 0.3 is 0 Å². The van der Waals surface area contributed by atoms with Crippen molar-refractivity contribution in [1.82, 2.24) is 15.2 Å². The minimum atomic E-state index is -0.0219. The van der Waals surface area contributed by atoms with E-state index in [1.807, 2.05) is 32.3 Å². The van der Waals surface area contributed by atoms with Gasteiger partial charge in [0.05, 0.1) is 6.04 Å². The minimum Gasteiger partial charge on any atom is -0.344 e. The topological polar surface area (TPSA) is 45.2 Å². The smallest absolute Gasteiger partial charge is 0.239 e. The molecule has 0 aliphatic carbocycles. The molecule has 0 bridgehead atoms. The second kappa shape index (κ2) is 4.61. The van der Waals surface area contributed by atoms with Crippen LogP contribution in [0.1, 0.15) is 17.7 Å². The predicted molar refractivity (Wildman–Crippen MR) is 61.9 cm³/mol. The Morgan fingerprint density at radius 3 is 2.94 bits per heavy atom. The fraction of sp³-hybridized carbons (Fsp3) is 0.500. The van der Waals surface area contributed by atoms with Crippen LogP contribution in [-0.2, 0) is 11.3 Å². The number of hydrogen-bond acceptors (Lipinski definition) is 3. The monoisotopic (exact) mass is 219 g/mol. The first-order chi connectivity index (χ1) is 7.66. The van der Waals surface area contributed by atoms with E-state index in [1.54, 1.807) is 4.90 Å². The largest absolute Gasteiger partial charge is 0.344 e. The van der Waals surface area contributed by atoms with Crippen LogP contribution in [0.4, 0.5) is 0 Å². The summed E-state index contributed by atoms with van der Waals surface area (Å²) in [4.78, 5) is 17.6. The third-order valence-corrected chi connectivity index (χ3v) is 2.95. The number of carbonyl (C=O) groups is 1. The molecule has 4 heteroatoms. The van der Waals surface area contributed by atoms with E-state index < -0.39 is 0 Å². The van der Waals surface area contributed by atoms with Crippen LogP contribution in [0.5, 0.6) is 0 Å². The third-order valence-electron chi connectivity index (χ3n) is 2.95. The molecule has 4 nitrogen and oxygen atoms in total. The van der Waals surface area contributed by atoms with Gasteiger partial charge in [-0.25, -0.2) is 0 Å². The number of carbonyl (C=O) groups excluding carboxylic acids is 1. The molecule has 16 heavy (non-hydrogen) atoms. The molecule has 2 rings (SSSR count). The maximum Gasteiger partial charge on any atom is 0.239 e. The number of rotatable bonds is 3. The van der Waals surface area contributed by atoms with Crippen molar-refractivity contribution >= 4 is 5.91 Å². The molecule has 1 aliphatic rings. The van der Waals surface area contributed by atoms with Gasteiger partial charge < -0.3 is 10.2 Å². The molecule has 86 valence electrons. The average Bonchev–Trinajstić information content (AvgIpc) is 2.60. The van der Waals surface area contributed by atoms with Crippen molar-refractivity contribution in [2.75, 3.05) is 13.6 Å². The molecule has 0 spiro atoms. The molecule has 1 saturated heterocycles. The number of nitrogens with one attached hydrogen (secondary N) is 1. The second-order valence-electron chi connectivity index (χ2n) is 4.29. The van der Waals surface area contributed by atoms with Gasteiger partial charge in [-0.05, 0) is 25.0 Å². The van der Waals surface area contributed by atoms with Crippen LogP contribution in [0.3, 0.4) is 0 Å². The number of nitrogens with zero attached hydrogens (tertiary/aromatic N) is 2. The Bertz CT molecular complexity index is 374. The zero-order valence-electron chi connectivity index (χ0n) is 9.73. The lowest BCUT2D eigenvalue weighted by molar-refractivity contribution is -0.128. The van der Waals surface area contributed by atoms with Crippen molar-refractivity contribution in [2.24, 2.45) is 0 Å². The van der Waals surface area contributed by atoms with Crippen molar-refractivity contribution in [3.05, 3.63) is 29.6 Å². The highest BCUT2D eigenvalue weighted by Crippen LogP contribution is 2.09. The first-order valence-corrected chi connectivity index (χ1v) is 5.57. The van der Waals surface area contributed by atoms with Gasteiger partial charge in [0.1, 0.15) is 0 Å². The number of likely N-dealkylation sites (N-methyl/N-ethyl adjacent to an activating group) is 1. The summed E-state index contributed by atoms with van der Waals surface area (Å²) in [5.74, 6) is 0.195. The summed E-state index contributed by atoms with van der Waals surface area (Å²) >= 11 is 0. The normalized spacial score (nSPS) is 20.5. The van der Waals surface area contributed by atoms with Gasteiger partial charge in [0.15, 0.2) is 0 Å². The Morgan fingerprint density at radius 2 is 2.38 bits per heavy atom. The van der Waals surface area contributed by atoms with Crippen molar-refractivity contribution in [1.29, 1.82) is 0 Å². The number of aromatic nitrogens is 1. The molecule has 1 amide bonds. The molecule has 1 unspecified atom stereocenters. The SMILES string of the molecule is Cc1ccc(CNC2CCN(C)C2=O)cn1. The fourth-order valence-corrected chi connectivity index (χ4v) is 1.86. The third kappa shape index (κ3) is 2.39. The van der Waals surface area contributed by atoms with Crippen LogP contribution in [-0.4, -0.2) is 35.4 Å². The first-order valence-electron chi connectivity index (χ1n) is 5.57.